The summed E-state index contributed by atoms with van der Waals surface area (Å²) in [6, 6.07) is 0.565. The van der Waals surface area contributed by atoms with Crippen LogP contribution in [0.5, 0.6) is 0 Å². The summed E-state index contributed by atoms with van der Waals surface area (Å²) < 4.78 is 0. The molecule has 86 valence electrons. The number of hydrogen-bond donors (Lipinski definition) is 2. The summed E-state index contributed by atoms with van der Waals surface area (Å²) in [4.78, 5) is 0. The van der Waals surface area contributed by atoms with Crippen molar-refractivity contribution in [1.82, 2.24) is 10.6 Å². The zero-order valence-corrected chi connectivity index (χ0v) is 10.7. The van der Waals surface area contributed by atoms with Gasteiger partial charge in [-0.15, -0.1) is 0 Å². The lowest BCUT2D eigenvalue weighted by atomic mass is 9.85. The maximum atomic E-state index is 3.54. The van der Waals surface area contributed by atoms with E-state index in [1.54, 1.807) is 0 Å². The van der Waals surface area contributed by atoms with Gasteiger partial charge in [0.1, 0.15) is 0 Å². The van der Waals surface area contributed by atoms with Crippen molar-refractivity contribution < 1.29 is 0 Å². The predicted octanol–water partition coefficient (Wildman–Crippen LogP) is 2.11. The summed E-state index contributed by atoms with van der Waals surface area (Å²) >= 11 is 0. The molecule has 0 saturated heterocycles. The highest BCUT2D eigenvalue weighted by molar-refractivity contribution is 4.71. The van der Waals surface area contributed by atoms with Crippen LogP contribution in [0.3, 0.4) is 0 Å². The van der Waals surface area contributed by atoms with Gasteiger partial charge >= 0.3 is 0 Å². The zero-order valence-electron chi connectivity index (χ0n) is 10.7. The average molecular weight is 200 g/mol. The van der Waals surface area contributed by atoms with Crippen molar-refractivity contribution in [3.63, 3.8) is 0 Å². The minimum Gasteiger partial charge on any atom is -0.316 e. The fourth-order valence-electron chi connectivity index (χ4n) is 1.81. The Morgan fingerprint density at radius 1 is 0.857 bits per heavy atom. The average Bonchev–Trinajstić information content (AvgIpc) is 2.10. The van der Waals surface area contributed by atoms with E-state index in [1.807, 2.05) is 7.05 Å². The molecule has 0 spiro atoms. The Balaban J connectivity index is 3.72. The van der Waals surface area contributed by atoms with E-state index in [0.717, 1.165) is 30.8 Å². The highest BCUT2D eigenvalue weighted by Gasteiger charge is 2.16. The highest BCUT2D eigenvalue weighted by Crippen LogP contribution is 2.19. The quantitative estimate of drug-likeness (QED) is 0.658. The van der Waals surface area contributed by atoms with Crippen molar-refractivity contribution in [3.8, 4) is 0 Å². The Bertz CT molecular complexity index is 124. The van der Waals surface area contributed by atoms with Crippen LogP contribution in [-0.2, 0) is 0 Å². The van der Waals surface area contributed by atoms with Gasteiger partial charge in [0.25, 0.3) is 0 Å². The highest BCUT2D eigenvalue weighted by atomic mass is 15.0. The molecule has 0 rings (SSSR count). The molecule has 0 aromatic rings. The molecule has 0 heterocycles. The van der Waals surface area contributed by atoms with Crippen LogP contribution in [0.2, 0.25) is 0 Å². The van der Waals surface area contributed by atoms with Gasteiger partial charge in [0, 0.05) is 12.6 Å². The molecular weight excluding hydrogens is 172 g/mol. The third-order valence-electron chi connectivity index (χ3n) is 3.04. The summed E-state index contributed by atoms with van der Waals surface area (Å²) in [5, 5.41) is 6.77. The lowest BCUT2D eigenvalue weighted by molar-refractivity contribution is 0.273. The minimum absolute atomic E-state index is 0.565. The number of hydrogen-bond acceptors (Lipinski definition) is 2. The molecule has 0 radical (unpaired) electrons. The van der Waals surface area contributed by atoms with E-state index in [2.05, 4.69) is 45.3 Å². The monoisotopic (exact) mass is 200 g/mol. The van der Waals surface area contributed by atoms with E-state index in [0.29, 0.717) is 6.04 Å². The maximum absolute atomic E-state index is 3.54. The summed E-state index contributed by atoms with van der Waals surface area (Å²) in [7, 11) is 2.01. The Morgan fingerprint density at radius 2 is 1.36 bits per heavy atom. The van der Waals surface area contributed by atoms with Crippen LogP contribution < -0.4 is 10.6 Å². The second kappa shape index (κ2) is 7.24. The molecule has 2 nitrogen and oxygen atoms in total. The van der Waals surface area contributed by atoms with Gasteiger partial charge in [-0.2, -0.15) is 0 Å². The Labute approximate surface area is 89.9 Å². The van der Waals surface area contributed by atoms with Crippen molar-refractivity contribution in [2.75, 3.05) is 20.1 Å². The first kappa shape index (κ1) is 13.9. The first-order chi connectivity index (χ1) is 6.49. The van der Waals surface area contributed by atoms with E-state index >= 15 is 0 Å². The molecule has 0 aliphatic heterocycles. The molecule has 0 fully saturated rings. The van der Waals surface area contributed by atoms with Crippen LogP contribution in [0.25, 0.3) is 0 Å². The topological polar surface area (TPSA) is 24.1 Å². The van der Waals surface area contributed by atoms with Gasteiger partial charge in [0.05, 0.1) is 0 Å². The third-order valence-corrected chi connectivity index (χ3v) is 3.04. The summed E-state index contributed by atoms with van der Waals surface area (Å²) in [6.07, 6.45) is 0. The lowest BCUT2D eigenvalue weighted by Crippen LogP contribution is -2.38. The van der Waals surface area contributed by atoms with Crippen LogP contribution in [0.15, 0.2) is 0 Å². The minimum atomic E-state index is 0.565. The van der Waals surface area contributed by atoms with Gasteiger partial charge in [-0.25, -0.2) is 0 Å². The molecule has 0 aliphatic rings. The van der Waals surface area contributed by atoms with E-state index in [-0.39, 0.29) is 0 Å². The van der Waals surface area contributed by atoms with Crippen LogP contribution in [0.4, 0.5) is 0 Å². The van der Waals surface area contributed by atoms with Gasteiger partial charge in [0.2, 0.25) is 0 Å². The number of rotatable bonds is 7. The molecule has 2 N–H and O–H groups in total. The molecule has 0 amide bonds. The Hall–Kier alpha value is -0.0800. The second-order valence-electron chi connectivity index (χ2n) is 5.00. The normalized spacial score (nSPS) is 14.4. The van der Waals surface area contributed by atoms with Crippen molar-refractivity contribution in [2.45, 2.75) is 40.7 Å². The predicted molar refractivity (Wildman–Crippen MR) is 64.6 cm³/mol. The molecule has 1 unspecified atom stereocenters. The van der Waals surface area contributed by atoms with E-state index in [9.17, 15) is 0 Å². The lowest BCUT2D eigenvalue weighted by Gasteiger charge is -2.25. The largest absolute Gasteiger partial charge is 0.316 e. The maximum Gasteiger partial charge on any atom is 0.0161 e. The first-order valence-corrected chi connectivity index (χ1v) is 5.87. The van der Waals surface area contributed by atoms with Crippen molar-refractivity contribution >= 4 is 0 Å². The molecule has 0 bridgehead atoms. The van der Waals surface area contributed by atoms with Gasteiger partial charge in [-0.05, 0) is 38.3 Å². The van der Waals surface area contributed by atoms with Crippen LogP contribution >= 0.6 is 0 Å². The fraction of sp³-hybridized carbons (Fsp3) is 1.00. The zero-order chi connectivity index (χ0) is 11.1. The van der Waals surface area contributed by atoms with E-state index < -0.39 is 0 Å². The SMILES string of the molecule is CNC(C)CNCC(C(C)C)C(C)C. The van der Waals surface area contributed by atoms with E-state index in [1.165, 1.54) is 0 Å². The molecule has 0 aromatic carbocycles. The van der Waals surface area contributed by atoms with Gasteiger partial charge in [-0.1, -0.05) is 27.7 Å². The van der Waals surface area contributed by atoms with Gasteiger partial charge in [-0.3, -0.25) is 0 Å². The summed E-state index contributed by atoms with van der Waals surface area (Å²) in [5.74, 6) is 2.33. The summed E-state index contributed by atoms with van der Waals surface area (Å²) in [5.41, 5.74) is 0. The molecule has 0 aliphatic carbocycles. The van der Waals surface area contributed by atoms with Gasteiger partial charge in [0.15, 0.2) is 0 Å². The summed E-state index contributed by atoms with van der Waals surface area (Å²) in [6.45, 7) is 13.7. The Morgan fingerprint density at radius 3 is 1.71 bits per heavy atom. The molecule has 0 saturated carbocycles. The van der Waals surface area contributed by atoms with Crippen molar-refractivity contribution in [1.29, 1.82) is 0 Å². The number of likely N-dealkylation sites (N-methyl/N-ethyl adjacent to an activating group) is 1. The van der Waals surface area contributed by atoms with Crippen LogP contribution in [0.1, 0.15) is 34.6 Å². The molecule has 14 heavy (non-hydrogen) atoms. The van der Waals surface area contributed by atoms with Gasteiger partial charge < -0.3 is 10.6 Å². The second-order valence-corrected chi connectivity index (χ2v) is 5.00. The smallest absolute Gasteiger partial charge is 0.0161 e. The Kier molecular flexibility index (Phi) is 7.20. The molecule has 2 heteroatoms. The fourth-order valence-corrected chi connectivity index (χ4v) is 1.81. The standard InChI is InChI=1S/C12H28N2/c1-9(2)12(10(3)4)8-14-7-11(5)13-6/h9-14H,7-8H2,1-6H3. The molecule has 1 atom stereocenters. The van der Waals surface area contributed by atoms with Crippen LogP contribution in [0, 0.1) is 17.8 Å². The first-order valence-electron chi connectivity index (χ1n) is 5.87. The van der Waals surface area contributed by atoms with Crippen molar-refractivity contribution in [2.24, 2.45) is 17.8 Å². The van der Waals surface area contributed by atoms with Crippen LogP contribution in [-0.4, -0.2) is 26.2 Å². The molecular formula is C12H28N2. The molecule has 0 aromatic heterocycles. The third kappa shape index (κ3) is 5.61. The number of nitrogens with one attached hydrogen (secondary N) is 2. The van der Waals surface area contributed by atoms with Crippen molar-refractivity contribution in [3.05, 3.63) is 0 Å². The van der Waals surface area contributed by atoms with E-state index in [4.69, 9.17) is 0 Å².